The van der Waals surface area contributed by atoms with Crippen molar-refractivity contribution in [1.29, 1.82) is 0 Å². The van der Waals surface area contributed by atoms with Gasteiger partial charge in [0.05, 0.1) is 13.2 Å². The van der Waals surface area contributed by atoms with Crippen LogP contribution in [-0.2, 0) is 0 Å². The summed E-state index contributed by atoms with van der Waals surface area (Å²) in [6.07, 6.45) is -3.70. The Morgan fingerprint density at radius 2 is 1.88 bits per heavy atom. The van der Waals surface area contributed by atoms with Crippen molar-refractivity contribution >= 4 is 5.91 Å². The summed E-state index contributed by atoms with van der Waals surface area (Å²) >= 11 is 0. The summed E-state index contributed by atoms with van der Waals surface area (Å²) < 4.78 is 50.7. The number of carbonyl (C=O) groups excluding carboxylic acids is 1. The minimum absolute atomic E-state index is 0.114. The molecule has 0 unspecified atom stereocenters. The number of hydrogen-bond acceptors (Lipinski definition) is 4. The van der Waals surface area contributed by atoms with E-state index in [-0.39, 0.29) is 24.9 Å². The molecule has 2 aliphatic heterocycles. The van der Waals surface area contributed by atoms with E-state index in [0.29, 0.717) is 31.1 Å². The number of piperidine rings is 1. The molecule has 0 spiro atoms. The summed E-state index contributed by atoms with van der Waals surface area (Å²) in [6, 6.07) is 2.20. The number of rotatable bonds is 1. The van der Waals surface area contributed by atoms with Crippen LogP contribution in [0.2, 0.25) is 0 Å². The molecule has 24 heavy (non-hydrogen) atoms. The fraction of sp³-hybridized carbons (Fsp3) is 0.562. The van der Waals surface area contributed by atoms with Crippen molar-refractivity contribution in [1.82, 2.24) is 4.90 Å². The Morgan fingerprint density at radius 3 is 2.58 bits per heavy atom. The molecule has 3 rings (SSSR count). The second-order valence-electron chi connectivity index (χ2n) is 6.06. The molecule has 1 fully saturated rings. The third-order valence-electron chi connectivity index (χ3n) is 4.25. The van der Waals surface area contributed by atoms with Crippen LogP contribution >= 0.6 is 0 Å². The number of ether oxygens (including phenoxy) is 2. The summed E-state index contributed by atoms with van der Waals surface area (Å²) in [7, 11) is 0. The van der Waals surface area contributed by atoms with Gasteiger partial charge in [-0.2, -0.15) is 13.2 Å². The highest BCUT2D eigenvalue weighted by molar-refractivity contribution is 5.95. The van der Waals surface area contributed by atoms with E-state index in [1.807, 2.05) is 0 Å². The highest BCUT2D eigenvalue weighted by atomic mass is 19.4. The number of alkyl halides is 3. The molecule has 0 bridgehead atoms. The first kappa shape index (κ1) is 16.9. The summed E-state index contributed by atoms with van der Waals surface area (Å²) in [6.45, 7) is 0.819. The maximum atomic E-state index is 13.2. The second kappa shape index (κ2) is 6.51. The number of nitrogens with zero attached hydrogens (tertiary/aromatic N) is 1. The Balaban J connectivity index is 1.87. The van der Waals surface area contributed by atoms with E-state index in [1.54, 1.807) is 6.07 Å². The van der Waals surface area contributed by atoms with Crippen LogP contribution in [0.4, 0.5) is 13.2 Å². The predicted octanol–water partition coefficient (Wildman–Crippen LogP) is 2.34. The summed E-state index contributed by atoms with van der Waals surface area (Å²) in [5, 5.41) is 0. The molecule has 1 aromatic rings. The number of carbonyl (C=O) groups is 1. The second-order valence-corrected chi connectivity index (χ2v) is 6.06. The van der Waals surface area contributed by atoms with Crippen molar-refractivity contribution in [2.45, 2.75) is 37.5 Å². The zero-order chi connectivity index (χ0) is 17.3. The molecule has 2 N–H and O–H groups in total. The first-order valence-electron chi connectivity index (χ1n) is 7.89. The molecule has 1 aromatic carbocycles. The van der Waals surface area contributed by atoms with Gasteiger partial charge in [0.1, 0.15) is 6.04 Å². The number of fused-ring (bicyclic) bond motifs is 1. The molecule has 8 heteroatoms. The lowest BCUT2D eigenvalue weighted by Gasteiger charge is -2.39. The molecular weight excluding hydrogens is 325 g/mol. The molecule has 5 nitrogen and oxygen atoms in total. The third-order valence-corrected chi connectivity index (χ3v) is 4.25. The lowest BCUT2D eigenvalue weighted by molar-refractivity contribution is -0.184. The number of likely N-dealkylation sites (tertiary alicyclic amines) is 1. The fourth-order valence-corrected chi connectivity index (χ4v) is 3.03. The number of benzene rings is 1. The van der Waals surface area contributed by atoms with Crippen LogP contribution in [0.1, 0.15) is 29.6 Å². The quantitative estimate of drug-likeness (QED) is 0.849. The van der Waals surface area contributed by atoms with Gasteiger partial charge in [0.2, 0.25) is 0 Å². The molecular formula is C16H19F3N2O3. The van der Waals surface area contributed by atoms with E-state index in [1.165, 1.54) is 12.1 Å². The number of hydrogen-bond donors (Lipinski definition) is 1. The van der Waals surface area contributed by atoms with Crippen molar-refractivity contribution in [3.05, 3.63) is 23.8 Å². The maximum Gasteiger partial charge on any atom is 0.408 e. The number of nitrogens with two attached hydrogens (primary N) is 1. The van der Waals surface area contributed by atoms with Gasteiger partial charge in [0.25, 0.3) is 5.91 Å². The van der Waals surface area contributed by atoms with Crippen molar-refractivity contribution in [2.24, 2.45) is 5.73 Å². The summed E-state index contributed by atoms with van der Waals surface area (Å²) in [4.78, 5) is 13.5. The van der Waals surface area contributed by atoms with Crippen LogP contribution in [0, 0.1) is 0 Å². The van der Waals surface area contributed by atoms with Crippen molar-refractivity contribution in [2.75, 3.05) is 19.8 Å². The zero-order valence-corrected chi connectivity index (χ0v) is 13.0. The molecule has 1 saturated heterocycles. The Morgan fingerprint density at radius 1 is 1.17 bits per heavy atom. The Bertz CT molecular complexity index is 621. The highest BCUT2D eigenvalue weighted by Gasteiger charge is 2.47. The van der Waals surface area contributed by atoms with E-state index in [0.717, 1.165) is 4.90 Å². The van der Waals surface area contributed by atoms with Gasteiger partial charge < -0.3 is 20.1 Å². The van der Waals surface area contributed by atoms with Crippen LogP contribution in [0.3, 0.4) is 0 Å². The molecule has 2 atom stereocenters. The molecule has 132 valence electrons. The normalized spacial score (nSPS) is 24.4. The standard InChI is InChI=1S/C16H19F3N2O3/c17-16(18,19)14-5-3-11(20)9-21(14)15(22)10-2-4-12-13(8-10)24-7-1-6-23-12/h2,4,8,11,14H,1,3,5-7,9,20H2/t11-,14+/m0/s1. The Labute approximate surface area is 137 Å². The van der Waals surface area contributed by atoms with Gasteiger partial charge in [0, 0.05) is 24.6 Å². The van der Waals surface area contributed by atoms with Gasteiger partial charge in [0.15, 0.2) is 11.5 Å². The average molecular weight is 344 g/mol. The molecule has 1 amide bonds. The smallest absolute Gasteiger partial charge is 0.408 e. The monoisotopic (exact) mass is 344 g/mol. The zero-order valence-electron chi connectivity index (χ0n) is 13.0. The van der Waals surface area contributed by atoms with E-state index in [9.17, 15) is 18.0 Å². The van der Waals surface area contributed by atoms with E-state index in [2.05, 4.69) is 0 Å². The fourth-order valence-electron chi connectivity index (χ4n) is 3.03. The van der Waals surface area contributed by atoms with Gasteiger partial charge in [-0.15, -0.1) is 0 Å². The lowest BCUT2D eigenvalue weighted by atomic mass is 9.97. The van der Waals surface area contributed by atoms with Gasteiger partial charge >= 0.3 is 6.18 Å². The third kappa shape index (κ3) is 3.43. The minimum atomic E-state index is -4.47. The summed E-state index contributed by atoms with van der Waals surface area (Å²) in [5.74, 6) is 0.179. The van der Waals surface area contributed by atoms with Crippen molar-refractivity contribution < 1.29 is 27.4 Å². The first-order chi connectivity index (χ1) is 11.4. The van der Waals surface area contributed by atoms with E-state index >= 15 is 0 Å². The largest absolute Gasteiger partial charge is 0.490 e. The molecule has 0 saturated carbocycles. The molecule has 2 aliphatic rings. The lowest BCUT2D eigenvalue weighted by Crippen LogP contribution is -2.56. The average Bonchev–Trinajstić information content (AvgIpc) is 2.77. The number of amides is 1. The number of halogens is 3. The van der Waals surface area contributed by atoms with Gasteiger partial charge in [-0.3, -0.25) is 4.79 Å². The minimum Gasteiger partial charge on any atom is -0.490 e. The molecule has 0 aliphatic carbocycles. The van der Waals surface area contributed by atoms with E-state index < -0.39 is 24.2 Å². The van der Waals surface area contributed by atoms with Crippen molar-refractivity contribution in [3.8, 4) is 11.5 Å². The van der Waals surface area contributed by atoms with Crippen LogP contribution in [0.25, 0.3) is 0 Å². The summed E-state index contributed by atoms with van der Waals surface area (Å²) in [5.41, 5.74) is 5.91. The first-order valence-corrected chi connectivity index (χ1v) is 7.89. The SMILES string of the molecule is N[C@H]1CC[C@H](C(F)(F)F)N(C(=O)c2ccc3c(c2)OCCCO3)C1. The predicted molar refractivity (Wildman–Crippen MR) is 80.1 cm³/mol. The van der Waals surface area contributed by atoms with Gasteiger partial charge in [-0.1, -0.05) is 0 Å². The van der Waals surface area contributed by atoms with Gasteiger partial charge in [-0.25, -0.2) is 0 Å². The topological polar surface area (TPSA) is 64.8 Å². The van der Waals surface area contributed by atoms with Crippen LogP contribution in [-0.4, -0.2) is 48.8 Å². The van der Waals surface area contributed by atoms with Crippen LogP contribution < -0.4 is 15.2 Å². The van der Waals surface area contributed by atoms with Crippen molar-refractivity contribution in [3.63, 3.8) is 0 Å². The Hall–Kier alpha value is -1.96. The Kier molecular flexibility index (Phi) is 4.58. The van der Waals surface area contributed by atoms with Gasteiger partial charge in [-0.05, 0) is 31.0 Å². The maximum absolute atomic E-state index is 13.2. The molecule has 0 radical (unpaired) electrons. The van der Waals surface area contributed by atoms with Crippen LogP contribution in [0.5, 0.6) is 11.5 Å². The van der Waals surface area contributed by atoms with E-state index in [4.69, 9.17) is 15.2 Å². The van der Waals surface area contributed by atoms with Crippen LogP contribution in [0.15, 0.2) is 18.2 Å². The molecule has 0 aromatic heterocycles. The highest BCUT2D eigenvalue weighted by Crippen LogP contribution is 2.35. The molecule has 2 heterocycles.